The topological polar surface area (TPSA) is 15.7 Å². The van der Waals surface area contributed by atoms with E-state index in [0.717, 1.165) is 45.0 Å². The second-order valence-electron chi connectivity index (χ2n) is 7.36. The summed E-state index contributed by atoms with van der Waals surface area (Å²) in [5.74, 6) is 0.953. The first kappa shape index (κ1) is 18.7. The molecule has 1 aliphatic heterocycles. The molecule has 3 heteroatoms. The van der Waals surface area contributed by atoms with Crippen molar-refractivity contribution in [2.24, 2.45) is 0 Å². The zero-order chi connectivity index (χ0) is 19.2. The number of methoxy groups -OCH3 is 1. The maximum atomic E-state index is 5.53. The highest BCUT2D eigenvalue weighted by Crippen LogP contribution is 2.29. The Kier molecular flexibility index (Phi) is 6.05. The highest BCUT2D eigenvalue weighted by atomic mass is 16.5. The predicted octanol–water partition coefficient (Wildman–Crippen LogP) is 4.68. The monoisotopic (exact) mass is 372 g/mol. The van der Waals surface area contributed by atoms with E-state index < -0.39 is 0 Å². The molecule has 1 fully saturated rings. The Morgan fingerprint density at radius 2 is 1.46 bits per heavy atom. The summed E-state index contributed by atoms with van der Waals surface area (Å²) in [7, 11) is 1.74. The number of fused-ring (bicyclic) bond motifs is 1. The molecule has 0 atom stereocenters. The fourth-order valence-corrected chi connectivity index (χ4v) is 3.92. The zero-order valence-corrected chi connectivity index (χ0v) is 16.6. The third-order valence-electron chi connectivity index (χ3n) is 5.53. The molecule has 3 aromatic carbocycles. The van der Waals surface area contributed by atoms with Gasteiger partial charge in [0.25, 0.3) is 0 Å². The zero-order valence-electron chi connectivity index (χ0n) is 16.6. The van der Waals surface area contributed by atoms with E-state index in [9.17, 15) is 0 Å². The molecule has 1 aliphatic rings. The molecular weight excluding hydrogens is 344 g/mol. The van der Waals surface area contributed by atoms with Crippen LogP contribution in [0.5, 0.6) is 5.75 Å². The second-order valence-corrected chi connectivity index (χ2v) is 7.36. The molecule has 0 aromatic heterocycles. The third-order valence-corrected chi connectivity index (χ3v) is 5.53. The molecule has 0 saturated carbocycles. The molecule has 0 radical (unpaired) electrons. The van der Waals surface area contributed by atoms with E-state index in [1.54, 1.807) is 7.11 Å². The van der Waals surface area contributed by atoms with Crippen LogP contribution in [0.3, 0.4) is 0 Å². The number of piperazine rings is 1. The number of hydrogen-bond donors (Lipinski definition) is 0. The van der Waals surface area contributed by atoms with E-state index in [2.05, 4.69) is 88.7 Å². The number of rotatable bonds is 6. The first-order chi connectivity index (χ1) is 13.8. The van der Waals surface area contributed by atoms with Crippen LogP contribution in [0.1, 0.15) is 11.1 Å². The van der Waals surface area contributed by atoms with Crippen LogP contribution in [0.25, 0.3) is 16.8 Å². The molecule has 0 unspecified atom stereocenters. The molecule has 0 aliphatic carbocycles. The van der Waals surface area contributed by atoms with E-state index >= 15 is 0 Å². The van der Waals surface area contributed by atoms with E-state index in [0.29, 0.717) is 0 Å². The predicted molar refractivity (Wildman–Crippen MR) is 118 cm³/mol. The third kappa shape index (κ3) is 4.44. The Balaban J connectivity index is 1.34. The number of ether oxygens (including phenoxy) is 1. The van der Waals surface area contributed by atoms with Crippen molar-refractivity contribution in [1.29, 1.82) is 0 Å². The smallest absolute Gasteiger partial charge is 0.126 e. The van der Waals surface area contributed by atoms with Gasteiger partial charge < -0.3 is 4.74 Å². The van der Waals surface area contributed by atoms with Gasteiger partial charge in [-0.15, -0.1) is 0 Å². The molecule has 0 amide bonds. The van der Waals surface area contributed by atoms with E-state index in [1.165, 1.54) is 21.9 Å². The van der Waals surface area contributed by atoms with Gasteiger partial charge in [-0.05, 0) is 22.6 Å². The lowest BCUT2D eigenvalue weighted by atomic mass is 10.0. The van der Waals surface area contributed by atoms with Crippen LogP contribution < -0.4 is 4.74 Å². The van der Waals surface area contributed by atoms with Crippen LogP contribution >= 0.6 is 0 Å². The summed E-state index contributed by atoms with van der Waals surface area (Å²) in [5, 5.41) is 2.50. The molecule has 4 rings (SSSR count). The molecular formula is C25H28N2O. The van der Waals surface area contributed by atoms with Crippen molar-refractivity contribution in [1.82, 2.24) is 9.80 Å². The van der Waals surface area contributed by atoms with Gasteiger partial charge in [0.05, 0.1) is 7.11 Å². The fraction of sp³-hybridized carbons (Fsp3) is 0.280. The van der Waals surface area contributed by atoms with Crippen LogP contribution in [-0.4, -0.2) is 49.6 Å². The van der Waals surface area contributed by atoms with Crippen molar-refractivity contribution in [2.45, 2.75) is 6.54 Å². The molecule has 144 valence electrons. The number of nitrogens with zero attached hydrogens (tertiary/aromatic N) is 2. The van der Waals surface area contributed by atoms with E-state index in [4.69, 9.17) is 4.74 Å². The van der Waals surface area contributed by atoms with Crippen molar-refractivity contribution in [2.75, 3.05) is 39.8 Å². The molecule has 3 aromatic rings. The van der Waals surface area contributed by atoms with Gasteiger partial charge in [-0.1, -0.05) is 72.8 Å². The van der Waals surface area contributed by atoms with Gasteiger partial charge >= 0.3 is 0 Å². The maximum absolute atomic E-state index is 5.53. The van der Waals surface area contributed by atoms with Crippen molar-refractivity contribution in [3.8, 4) is 5.75 Å². The standard InChI is InChI=1S/C25H28N2O/c1-28-25-14-13-22(23-11-5-6-12-24(23)25)20-27-18-16-26(17-19-27)15-7-10-21-8-3-2-4-9-21/h2-14H,15-20H2,1H3. The van der Waals surface area contributed by atoms with Crippen molar-refractivity contribution < 1.29 is 4.74 Å². The summed E-state index contributed by atoms with van der Waals surface area (Å²) in [5.41, 5.74) is 2.65. The van der Waals surface area contributed by atoms with Crippen molar-refractivity contribution >= 4 is 16.8 Å². The summed E-state index contributed by atoms with van der Waals surface area (Å²) in [6.45, 7) is 6.48. The van der Waals surface area contributed by atoms with Crippen LogP contribution in [0.4, 0.5) is 0 Å². The lowest BCUT2D eigenvalue weighted by Gasteiger charge is -2.34. The van der Waals surface area contributed by atoms with Gasteiger partial charge in [-0.2, -0.15) is 0 Å². The van der Waals surface area contributed by atoms with Crippen LogP contribution in [-0.2, 0) is 6.54 Å². The fourth-order valence-electron chi connectivity index (χ4n) is 3.92. The van der Waals surface area contributed by atoms with Gasteiger partial charge in [0.2, 0.25) is 0 Å². The van der Waals surface area contributed by atoms with Gasteiger partial charge in [-0.3, -0.25) is 9.80 Å². The first-order valence-corrected chi connectivity index (χ1v) is 10.0. The minimum atomic E-state index is 0.953. The molecule has 28 heavy (non-hydrogen) atoms. The molecule has 1 heterocycles. The average Bonchev–Trinajstić information content (AvgIpc) is 2.76. The Labute approximate surface area is 167 Å². The number of benzene rings is 3. The Morgan fingerprint density at radius 3 is 2.21 bits per heavy atom. The first-order valence-electron chi connectivity index (χ1n) is 10.0. The Bertz CT molecular complexity index is 928. The van der Waals surface area contributed by atoms with E-state index in [-0.39, 0.29) is 0 Å². The molecule has 0 spiro atoms. The summed E-state index contributed by atoms with van der Waals surface area (Å²) in [4.78, 5) is 5.09. The summed E-state index contributed by atoms with van der Waals surface area (Å²) in [6, 6.07) is 23.4. The van der Waals surface area contributed by atoms with Crippen molar-refractivity contribution in [3.05, 3.63) is 83.9 Å². The van der Waals surface area contributed by atoms with Crippen LogP contribution in [0.2, 0.25) is 0 Å². The summed E-state index contributed by atoms with van der Waals surface area (Å²) in [6.07, 6.45) is 4.50. The molecule has 1 saturated heterocycles. The molecule has 3 nitrogen and oxygen atoms in total. The van der Waals surface area contributed by atoms with Gasteiger partial charge in [-0.25, -0.2) is 0 Å². The largest absolute Gasteiger partial charge is 0.496 e. The molecule has 0 bridgehead atoms. The molecule has 0 N–H and O–H groups in total. The summed E-state index contributed by atoms with van der Waals surface area (Å²) >= 11 is 0. The average molecular weight is 373 g/mol. The van der Waals surface area contributed by atoms with Crippen LogP contribution in [0, 0.1) is 0 Å². The maximum Gasteiger partial charge on any atom is 0.126 e. The highest BCUT2D eigenvalue weighted by molar-refractivity contribution is 5.91. The lowest BCUT2D eigenvalue weighted by molar-refractivity contribution is 0.137. The highest BCUT2D eigenvalue weighted by Gasteiger charge is 2.17. The van der Waals surface area contributed by atoms with Gasteiger partial charge in [0.1, 0.15) is 5.75 Å². The SMILES string of the molecule is COc1ccc(CN2CCN(CC=Cc3ccccc3)CC2)c2ccccc12. The van der Waals surface area contributed by atoms with E-state index in [1.807, 2.05) is 0 Å². The number of hydrogen-bond acceptors (Lipinski definition) is 3. The second kappa shape index (κ2) is 9.05. The van der Waals surface area contributed by atoms with Gasteiger partial charge in [0.15, 0.2) is 0 Å². The minimum Gasteiger partial charge on any atom is -0.496 e. The van der Waals surface area contributed by atoms with Gasteiger partial charge in [0, 0.05) is 44.7 Å². The minimum absolute atomic E-state index is 0.953. The summed E-state index contributed by atoms with van der Waals surface area (Å²) < 4.78 is 5.53. The lowest BCUT2D eigenvalue weighted by Crippen LogP contribution is -2.45. The van der Waals surface area contributed by atoms with Crippen molar-refractivity contribution in [3.63, 3.8) is 0 Å². The quantitative estimate of drug-likeness (QED) is 0.625. The Morgan fingerprint density at radius 1 is 0.786 bits per heavy atom. The van der Waals surface area contributed by atoms with Crippen LogP contribution in [0.15, 0.2) is 72.8 Å². The Hall–Kier alpha value is -2.62. The normalized spacial score (nSPS) is 16.0.